The highest BCUT2D eigenvalue weighted by Gasteiger charge is 2.59. The summed E-state index contributed by atoms with van der Waals surface area (Å²) in [6.45, 7) is 15.1. The fourth-order valence-electron chi connectivity index (χ4n) is 7.13. The fraction of sp³-hybridized carbons (Fsp3) is 0.792. The van der Waals surface area contributed by atoms with Gasteiger partial charge in [-0.15, -0.1) is 0 Å². The van der Waals surface area contributed by atoms with Crippen molar-refractivity contribution in [3.8, 4) is 0 Å². The first kappa shape index (κ1) is 20.2. The van der Waals surface area contributed by atoms with Crippen molar-refractivity contribution < 1.29 is 9.22 Å². The molecule has 0 aromatic carbocycles. The molecule has 1 heterocycles. The van der Waals surface area contributed by atoms with E-state index in [1.54, 1.807) is 0 Å². The van der Waals surface area contributed by atoms with Crippen LogP contribution < -0.4 is 0 Å². The summed E-state index contributed by atoms with van der Waals surface area (Å²) in [7, 11) is 0.371. The Morgan fingerprint density at radius 1 is 1.14 bits per heavy atom. The van der Waals surface area contributed by atoms with E-state index in [1.165, 1.54) is 37.0 Å². The Morgan fingerprint density at radius 3 is 2.54 bits per heavy atom. The molecule has 3 aliphatic carbocycles. The molecular formula is C24H39NO2Si. The third-order valence-corrected chi connectivity index (χ3v) is 9.45. The third kappa shape index (κ3) is 3.02. The molecule has 0 N–H and O–H groups in total. The zero-order valence-electron chi connectivity index (χ0n) is 19.0. The van der Waals surface area contributed by atoms with Gasteiger partial charge in [0.15, 0.2) is 0 Å². The van der Waals surface area contributed by atoms with E-state index >= 15 is 0 Å². The maximum Gasteiger partial charge on any atom is 0.246 e. The van der Waals surface area contributed by atoms with Gasteiger partial charge in [0.2, 0.25) is 14.2 Å². The molecule has 156 valence electrons. The molecule has 2 fully saturated rings. The third-order valence-electron chi connectivity index (χ3n) is 8.62. The van der Waals surface area contributed by atoms with Gasteiger partial charge in [0.05, 0.1) is 5.76 Å². The number of amides is 1. The summed E-state index contributed by atoms with van der Waals surface area (Å²) in [6, 6.07) is 0. The van der Waals surface area contributed by atoms with Crippen molar-refractivity contribution >= 4 is 14.2 Å². The lowest BCUT2D eigenvalue weighted by Gasteiger charge is -2.58. The second-order valence-corrected chi connectivity index (χ2v) is 15.9. The first-order valence-corrected chi connectivity index (χ1v) is 14.7. The average molecular weight is 402 g/mol. The van der Waals surface area contributed by atoms with Crippen LogP contribution in [0.3, 0.4) is 0 Å². The zero-order valence-corrected chi connectivity index (χ0v) is 20.0. The number of carbonyl (C=O) groups excluding carboxylic acids is 1. The molecule has 1 aliphatic heterocycles. The van der Waals surface area contributed by atoms with E-state index in [-0.39, 0.29) is 16.7 Å². The monoisotopic (exact) mass is 401 g/mol. The molecular weight excluding hydrogens is 362 g/mol. The van der Waals surface area contributed by atoms with E-state index < -0.39 is 8.32 Å². The first-order chi connectivity index (χ1) is 13.0. The van der Waals surface area contributed by atoms with Gasteiger partial charge in [0, 0.05) is 25.1 Å². The summed E-state index contributed by atoms with van der Waals surface area (Å²) in [4.78, 5) is 14.5. The lowest BCUT2D eigenvalue weighted by atomic mass is 9.46. The number of rotatable bonds is 2. The Morgan fingerprint density at radius 2 is 1.86 bits per heavy atom. The number of likely N-dealkylation sites (N-methyl/N-ethyl adjacent to an activating group) is 1. The first-order valence-electron chi connectivity index (χ1n) is 11.3. The molecule has 4 aliphatic rings. The second kappa shape index (κ2) is 6.48. The zero-order chi connectivity index (χ0) is 20.5. The van der Waals surface area contributed by atoms with Crippen molar-refractivity contribution in [2.24, 2.45) is 34.5 Å². The van der Waals surface area contributed by atoms with Crippen molar-refractivity contribution in [1.82, 2.24) is 4.90 Å². The van der Waals surface area contributed by atoms with Crippen molar-refractivity contribution in [2.75, 3.05) is 13.6 Å². The molecule has 0 spiro atoms. The van der Waals surface area contributed by atoms with Crippen LogP contribution in [-0.4, -0.2) is 32.7 Å². The minimum atomic E-state index is -1.59. The highest BCUT2D eigenvalue weighted by molar-refractivity contribution is 6.70. The van der Waals surface area contributed by atoms with E-state index in [0.717, 1.165) is 18.9 Å². The number of allylic oxidation sites excluding steroid dienone is 3. The summed E-state index contributed by atoms with van der Waals surface area (Å²) in [6.07, 6.45) is 10.5. The van der Waals surface area contributed by atoms with E-state index in [0.29, 0.717) is 17.8 Å². The van der Waals surface area contributed by atoms with Gasteiger partial charge in [0.1, 0.15) is 0 Å². The predicted molar refractivity (Wildman–Crippen MR) is 117 cm³/mol. The summed E-state index contributed by atoms with van der Waals surface area (Å²) in [5.74, 6) is 4.17. The SMILES string of the molecule is CC1C[C@@H]2[C@H](CC[C@]3(C)C(O[Si](C)(C)C)=CC[C@@H]23)[C@@]2(C)CCN(C)C(=O)C=C12. The van der Waals surface area contributed by atoms with Gasteiger partial charge in [0.25, 0.3) is 0 Å². The van der Waals surface area contributed by atoms with Crippen LogP contribution in [0.1, 0.15) is 52.9 Å². The molecule has 0 aromatic rings. The van der Waals surface area contributed by atoms with Crippen LogP contribution in [0.2, 0.25) is 19.6 Å². The molecule has 4 rings (SSSR count). The van der Waals surface area contributed by atoms with E-state index in [2.05, 4.69) is 46.5 Å². The molecule has 0 aromatic heterocycles. The van der Waals surface area contributed by atoms with Gasteiger partial charge < -0.3 is 9.33 Å². The highest BCUT2D eigenvalue weighted by Crippen LogP contribution is 2.66. The largest absolute Gasteiger partial charge is 0.547 e. The molecule has 4 heteroatoms. The molecule has 0 radical (unpaired) electrons. The van der Waals surface area contributed by atoms with Gasteiger partial charge in [-0.1, -0.05) is 26.3 Å². The van der Waals surface area contributed by atoms with Crippen molar-refractivity contribution in [3.05, 3.63) is 23.5 Å². The highest BCUT2D eigenvalue weighted by atomic mass is 28.4. The maximum absolute atomic E-state index is 12.6. The lowest BCUT2D eigenvalue weighted by molar-refractivity contribution is -0.124. The van der Waals surface area contributed by atoms with Crippen LogP contribution in [0.5, 0.6) is 0 Å². The molecule has 6 atom stereocenters. The number of hydrogen-bond donors (Lipinski definition) is 0. The van der Waals surface area contributed by atoms with Crippen LogP contribution in [0.25, 0.3) is 0 Å². The predicted octanol–water partition coefficient (Wildman–Crippen LogP) is 5.61. The summed E-state index contributed by atoms with van der Waals surface area (Å²) in [5.41, 5.74) is 1.83. The molecule has 2 saturated carbocycles. The second-order valence-electron chi connectivity index (χ2n) is 11.5. The topological polar surface area (TPSA) is 29.5 Å². The van der Waals surface area contributed by atoms with E-state index in [9.17, 15) is 4.79 Å². The molecule has 28 heavy (non-hydrogen) atoms. The van der Waals surface area contributed by atoms with Gasteiger partial charge in [-0.3, -0.25) is 4.79 Å². The molecule has 0 bridgehead atoms. The average Bonchev–Trinajstić information content (AvgIpc) is 2.85. The van der Waals surface area contributed by atoms with Crippen LogP contribution in [0, 0.1) is 34.5 Å². The Kier molecular flexibility index (Phi) is 4.69. The molecule has 1 unspecified atom stereocenters. The summed E-state index contributed by atoms with van der Waals surface area (Å²) < 4.78 is 6.59. The lowest BCUT2D eigenvalue weighted by Crippen LogP contribution is -2.51. The molecule has 1 amide bonds. The molecule has 3 nitrogen and oxygen atoms in total. The Hall–Kier alpha value is -1.03. The van der Waals surface area contributed by atoms with Gasteiger partial charge >= 0.3 is 0 Å². The van der Waals surface area contributed by atoms with Gasteiger partial charge in [-0.25, -0.2) is 0 Å². The molecule has 0 saturated heterocycles. The number of fused-ring (bicyclic) bond motifs is 5. The smallest absolute Gasteiger partial charge is 0.246 e. The van der Waals surface area contributed by atoms with Crippen LogP contribution in [0.15, 0.2) is 23.5 Å². The summed E-state index contributed by atoms with van der Waals surface area (Å²) in [5, 5.41) is 0. The normalized spacial score (nSPS) is 43.4. The van der Waals surface area contributed by atoms with Crippen molar-refractivity contribution in [2.45, 2.75) is 72.5 Å². The fourth-order valence-corrected chi connectivity index (χ4v) is 8.10. The van der Waals surface area contributed by atoms with E-state index in [1.807, 2.05) is 18.0 Å². The number of nitrogens with zero attached hydrogens (tertiary/aromatic N) is 1. The van der Waals surface area contributed by atoms with Crippen LogP contribution in [-0.2, 0) is 9.22 Å². The maximum atomic E-state index is 12.6. The van der Waals surface area contributed by atoms with E-state index in [4.69, 9.17) is 4.43 Å². The Bertz CT molecular complexity index is 735. The van der Waals surface area contributed by atoms with Crippen molar-refractivity contribution in [3.63, 3.8) is 0 Å². The number of hydrogen-bond acceptors (Lipinski definition) is 2. The van der Waals surface area contributed by atoms with Crippen LogP contribution >= 0.6 is 0 Å². The minimum absolute atomic E-state index is 0.173. The van der Waals surface area contributed by atoms with Crippen LogP contribution in [0.4, 0.5) is 0 Å². The van der Waals surface area contributed by atoms with Gasteiger partial charge in [-0.2, -0.15) is 0 Å². The minimum Gasteiger partial charge on any atom is -0.547 e. The Balaban J connectivity index is 1.66. The quantitative estimate of drug-likeness (QED) is 0.563. The van der Waals surface area contributed by atoms with Crippen molar-refractivity contribution in [1.29, 1.82) is 0 Å². The van der Waals surface area contributed by atoms with Gasteiger partial charge in [-0.05, 0) is 86.9 Å². The Labute approximate surface area is 172 Å². The summed E-state index contributed by atoms with van der Waals surface area (Å²) >= 11 is 0. The number of carbonyl (C=O) groups is 1. The standard InChI is InChI=1S/C24H39NO2Si/c1-16-14-17-18-8-9-21(27-28(5,6)7)24(18,3)11-10-19(17)23(2)12-13-25(4)22(26)15-20(16)23/h9,15-19H,8,10-14H2,1-7H3/t16?,17-,18-,19-,23+,24-/m0/s1.